The molecule has 6 aromatic rings. The van der Waals surface area contributed by atoms with Gasteiger partial charge in [-0.15, -0.1) is 0 Å². The lowest BCUT2D eigenvalue weighted by atomic mass is 9.76. The van der Waals surface area contributed by atoms with Crippen molar-refractivity contribution in [2.45, 2.75) is 31.9 Å². The van der Waals surface area contributed by atoms with Gasteiger partial charge in [0.1, 0.15) is 11.1 Å². The lowest BCUT2D eigenvalue weighted by Crippen LogP contribution is -2.37. The molecule has 0 saturated heterocycles. The van der Waals surface area contributed by atoms with E-state index in [1.807, 2.05) is 81.8 Å². The number of carbonyl (C=O) groups is 1. The standard InChI is InChI=1S/C39H37N3O3/c1-4-45-41-37(43)31-21-20-30-25-35(23-22-29(30)24-31)39(44,28(2)3)36-26-42(27-40-36)38(32-14-8-5-9-15-32,33-16-10-6-11-17-33)34-18-12-7-13-19-34/h5-28,44H,4H2,1-3H3,(H,41,43). The van der Waals surface area contributed by atoms with Crippen molar-refractivity contribution < 1.29 is 14.7 Å². The zero-order valence-corrected chi connectivity index (χ0v) is 25.7. The Labute approximate surface area is 263 Å². The van der Waals surface area contributed by atoms with Crippen molar-refractivity contribution >= 4 is 16.7 Å². The molecule has 1 atom stereocenters. The number of hydrogen-bond acceptors (Lipinski definition) is 4. The van der Waals surface area contributed by atoms with Crippen LogP contribution in [0.4, 0.5) is 0 Å². The summed E-state index contributed by atoms with van der Waals surface area (Å²) in [4.78, 5) is 22.4. The third kappa shape index (κ3) is 5.33. The van der Waals surface area contributed by atoms with Gasteiger partial charge in [-0.1, -0.05) is 123 Å². The molecule has 2 N–H and O–H groups in total. The van der Waals surface area contributed by atoms with Crippen molar-refractivity contribution in [2.24, 2.45) is 5.92 Å². The maximum Gasteiger partial charge on any atom is 0.274 e. The summed E-state index contributed by atoms with van der Waals surface area (Å²) in [7, 11) is 0. The first-order valence-electron chi connectivity index (χ1n) is 15.3. The van der Waals surface area contributed by atoms with Crippen molar-refractivity contribution in [3.05, 3.63) is 173 Å². The minimum atomic E-state index is -1.39. The lowest BCUT2D eigenvalue weighted by Gasteiger charge is -2.37. The van der Waals surface area contributed by atoms with E-state index in [1.165, 1.54) is 0 Å². The van der Waals surface area contributed by atoms with Crippen molar-refractivity contribution in [3.8, 4) is 0 Å². The second kappa shape index (κ2) is 12.5. The summed E-state index contributed by atoms with van der Waals surface area (Å²) in [6.07, 6.45) is 3.82. The van der Waals surface area contributed by atoms with Crippen LogP contribution in [0.5, 0.6) is 0 Å². The van der Waals surface area contributed by atoms with Gasteiger partial charge in [0.25, 0.3) is 5.91 Å². The SMILES string of the molecule is CCONC(=O)c1ccc2cc(C(O)(c3cn(C(c4ccccc4)(c4ccccc4)c4ccccc4)cn3)C(C)C)ccc2c1. The first-order chi connectivity index (χ1) is 21.9. The summed E-state index contributed by atoms with van der Waals surface area (Å²) in [6.45, 7) is 6.20. The van der Waals surface area contributed by atoms with E-state index in [2.05, 4.69) is 82.8 Å². The van der Waals surface area contributed by atoms with Crippen LogP contribution < -0.4 is 5.48 Å². The number of nitrogens with zero attached hydrogens (tertiary/aromatic N) is 2. The third-order valence-electron chi connectivity index (χ3n) is 8.62. The second-order valence-corrected chi connectivity index (χ2v) is 11.5. The number of imidazole rings is 1. The van der Waals surface area contributed by atoms with Crippen LogP contribution in [0.1, 0.15) is 59.1 Å². The molecule has 0 bridgehead atoms. The molecule has 0 radical (unpaired) electrons. The number of fused-ring (bicyclic) bond motifs is 1. The summed E-state index contributed by atoms with van der Waals surface area (Å²) in [5, 5.41) is 14.4. The van der Waals surface area contributed by atoms with Gasteiger partial charge >= 0.3 is 0 Å². The molecule has 6 nitrogen and oxygen atoms in total. The highest BCUT2D eigenvalue weighted by atomic mass is 16.6. The zero-order chi connectivity index (χ0) is 31.4. The van der Waals surface area contributed by atoms with Crippen LogP contribution in [0, 0.1) is 5.92 Å². The molecule has 0 aliphatic carbocycles. The molecule has 0 aliphatic rings. The molecule has 0 spiro atoms. The molecule has 0 saturated carbocycles. The Morgan fingerprint density at radius 3 is 1.84 bits per heavy atom. The van der Waals surface area contributed by atoms with Gasteiger partial charge in [-0.2, -0.15) is 0 Å². The number of benzene rings is 5. The summed E-state index contributed by atoms with van der Waals surface area (Å²) >= 11 is 0. The van der Waals surface area contributed by atoms with Crippen LogP contribution in [0.2, 0.25) is 0 Å². The van der Waals surface area contributed by atoms with Gasteiger partial charge in [0, 0.05) is 11.8 Å². The number of aromatic nitrogens is 2. The number of nitrogens with one attached hydrogen (secondary N) is 1. The van der Waals surface area contributed by atoms with Gasteiger partial charge in [-0.05, 0) is 64.1 Å². The number of hydroxylamine groups is 1. The summed E-state index contributed by atoms with van der Waals surface area (Å²) in [5.74, 6) is -0.500. The minimum Gasteiger partial charge on any atom is -0.378 e. The topological polar surface area (TPSA) is 76.4 Å². The van der Waals surface area contributed by atoms with E-state index < -0.39 is 11.1 Å². The van der Waals surface area contributed by atoms with Gasteiger partial charge in [-0.3, -0.25) is 9.63 Å². The fourth-order valence-electron chi connectivity index (χ4n) is 6.29. The third-order valence-corrected chi connectivity index (χ3v) is 8.62. The van der Waals surface area contributed by atoms with Crippen molar-refractivity contribution in [2.75, 3.05) is 6.61 Å². The molecule has 0 fully saturated rings. The Bertz CT molecular complexity index is 1810. The highest BCUT2D eigenvalue weighted by Gasteiger charge is 2.42. The molecule has 226 valence electrons. The smallest absolute Gasteiger partial charge is 0.274 e. The van der Waals surface area contributed by atoms with Crippen LogP contribution in [-0.2, 0) is 16.0 Å². The quantitative estimate of drug-likeness (QED) is 0.127. The number of aliphatic hydroxyl groups is 1. The summed E-state index contributed by atoms with van der Waals surface area (Å²) < 4.78 is 2.12. The number of rotatable bonds is 10. The molecule has 5 aromatic carbocycles. The molecule has 6 rings (SSSR count). The Kier molecular flexibility index (Phi) is 8.35. The van der Waals surface area contributed by atoms with Gasteiger partial charge in [0.2, 0.25) is 0 Å². The van der Waals surface area contributed by atoms with Crippen LogP contribution in [0.25, 0.3) is 10.8 Å². The Hall–Kier alpha value is -5.04. The van der Waals surface area contributed by atoms with Crippen molar-refractivity contribution in [1.29, 1.82) is 0 Å². The zero-order valence-electron chi connectivity index (χ0n) is 25.7. The monoisotopic (exact) mass is 595 g/mol. The number of hydrogen-bond donors (Lipinski definition) is 2. The molecule has 6 heteroatoms. The highest BCUT2D eigenvalue weighted by Crippen LogP contribution is 2.43. The van der Waals surface area contributed by atoms with E-state index in [0.29, 0.717) is 17.9 Å². The molecule has 0 aliphatic heterocycles. The summed E-state index contributed by atoms with van der Waals surface area (Å²) in [5.41, 5.74) is 5.33. The van der Waals surface area contributed by atoms with E-state index in [1.54, 1.807) is 6.07 Å². The van der Waals surface area contributed by atoms with Crippen molar-refractivity contribution in [1.82, 2.24) is 15.0 Å². The predicted octanol–water partition coefficient (Wildman–Crippen LogP) is 7.45. The number of amides is 1. The van der Waals surface area contributed by atoms with E-state index >= 15 is 0 Å². The fourth-order valence-corrected chi connectivity index (χ4v) is 6.29. The van der Waals surface area contributed by atoms with Crippen LogP contribution >= 0.6 is 0 Å². The first kappa shape index (κ1) is 30.0. The van der Waals surface area contributed by atoms with E-state index in [4.69, 9.17) is 9.82 Å². The van der Waals surface area contributed by atoms with E-state index in [9.17, 15) is 9.90 Å². The van der Waals surface area contributed by atoms with Gasteiger partial charge in [0.15, 0.2) is 0 Å². The second-order valence-electron chi connectivity index (χ2n) is 11.5. The lowest BCUT2D eigenvalue weighted by molar-refractivity contribution is 0.0279. The fraction of sp³-hybridized carbons (Fsp3) is 0.179. The van der Waals surface area contributed by atoms with E-state index in [-0.39, 0.29) is 11.8 Å². The van der Waals surface area contributed by atoms with Gasteiger partial charge < -0.3 is 9.67 Å². The Balaban J connectivity index is 1.50. The molecule has 1 aromatic heterocycles. The molecule has 45 heavy (non-hydrogen) atoms. The largest absolute Gasteiger partial charge is 0.378 e. The van der Waals surface area contributed by atoms with Crippen molar-refractivity contribution in [3.63, 3.8) is 0 Å². The van der Waals surface area contributed by atoms with Crippen LogP contribution in [0.3, 0.4) is 0 Å². The number of carbonyl (C=O) groups excluding carboxylic acids is 1. The molecular weight excluding hydrogens is 558 g/mol. The van der Waals surface area contributed by atoms with E-state index in [0.717, 1.165) is 33.0 Å². The predicted molar refractivity (Wildman–Crippen MR) is 178 cm³/mol. The molecule has 1 unspecified atom stereocenters. The van der Waals surface area contributed by atoms with Crippen LogP contribution in [-0.4, -0.2) is 27.2 Å². The summed E-state index contributed by atoms with van der Waals surface area (Å²) in [6, 6.07) is 42.6. The Morgan fingerprint density at radius 1 is 0.778 bits per heavy atom. The normalized spacial score (nSPS) is 13.1. The molecule has 1 amide bonds. The average molecular weight is 596 g/mol. The average Bonchev–Trinajstić information content (AvgIpc) is 3.59. The van der Waals surface area contributed by atoms with Gasteiger partial charge in [-0.25, -0.2) is 10.5 Å². The molecular formula is C39H37N3O3. The maximum absolute atomic E-state index is 12.6. The first-order valence-corrected chi connectivity index (χ1v) is 15.3. The Morgan fingerprint density at radius 2 is 1.31 bits per heavy atom. The molecule has 1 heterocycles. The maximum atomic E-state index is 12.6. The minimum absolute atomic E-state index is 0.200. The van der Waals surface area contributed by atoms with Gasteiger partial charge in [0.05, 0.1) is 18.6 Å². The highest BCUT2D eigenvalue weighted by molar-refractivity contribution is 5.98. The van der Waals surface area contributed by atoms with Crippen LogP contribution in [0.15, 0.2) is 140 Å².